The lowest BCUT2D eigenvalue weighted by molar-refractivity contribution is 0.429. The summed E-state index contributed by atoms with van der Waals surface area (Å²) in [7, 11) is 0. The van der Waals surface area contributed by atoms with Gasteiger partial charge in [-0.25, -0.2) is 4.39 Å². The number of nitrogen functional groups attached to an aromatic ring is 1. The molecule has 0 saturated heterocycles. The topological polar surface area (TPSA) is 64.9 Å². The first kappa shape index (κ1) is 10.9. The van der Waals surface area contributed by atoms with Crippen molar-refractivity contribution < 1.29 is 8.81 Å². The second kappa shape index (κ2) is 4.52. The number of hydrogen-bond donors (Lipinski definition) is 1. The molecule has 1 heterocycles. The van der Waals surface area contributed by atoms with E-state index in [-0.39, 0.29) is 5.82 Å². The molecule has 84 valence electrons. The maximum absolute atomic E-state index is 13.4. The molecule has 1 aromatic heterocycles. The molecule has 0 radical (unpaired) electrons. The van der Waals surface area contributed by atoms with Gasteiger partial charge in [0.05, 0.1) is 0 Å². The van der Waals surface area contributed by atoms with Crippen molar-refractivity contribution in [3.8, 4) is 0 Å². The van der Waals surface area contributed by atoms with Crippen LogP contribution in [0.1, 0.15) is 11.5 Å². The van der Waals surface area contributed by atoms with E-state index in [0.717, 1.165) is 0 Å². The van der Waals surface area contributed by atoms with Gasteiger partial charge in [0.25, 0.3) is 5.22 Å². The highest BCUT2D eigenvalue weighted by Gasteiger charge is 2.09. The number of hydrogen-bond acceptors (Lipinski definition) is 5. The fraction of sp³-hybridized carbons (Fsp3) is 0.200. The van der Waals surface area contributed by atoms with Crippen molar-refractivity contribution in [3.05, 3.63) is 35.5 Å². The van der Waals surface area contributed by atoms with Crippen LogP contribution in [0.25, 0.3) is 0 Å². The summed E-state index contributed by atoms with van der Waals surface area (Å²) in [6, 6.07) is 4.62. The lowest BCUT2D eigenvalue weighted by atomic mass is 10.2. The summed E-state index contributed by atoms with van der Waals surface area (Å²) in [5.41, 5.74) is 6.57. The van der Waals surface area contributed by atoms with Crippen LogP contribution in [0.2, 0.25) is 0 Å². The smallest absolute Gasteiger partial charge is 0.276 e. The van der Waals surface area contributed by atoms with Crippen LogP contribution >= 0.6 is 11.8 Å². The summed E-state index contributed by atoms with van der Waals surface area (Å²) in [5, 5.41) is 7.90. The maximum Gasteiger partial charge on any atom is 0.276 e. The van der Waals surface area contributed by atoms with Crippen LogP contribution in [0, 0.1) is 12.7 Å². The molecular weight excluding hydrogens is 229 g/mol. The third-order valence-corrected chi connectivity index (χ3v) is 2.85. The molecule has 0 aliphatic heterocycles. The Hall–Kier alpha value is -1.56. The average molecular weight is 239 g/mol. The third kappa shape index (κ3) is 2.33. The maximum atomic E-state index is 13.4. The lowest BCUT2D eigenvalue weighted by Gasteiger charge is -2.04. The van der Waals surface area contributed by atoms with Crippen molar-refractivity contribution in [2.75, 3.05) is 5.73 Å². The van der Waals surface area contributed by atoms with E-state index in [9.17, 15) is 4.39 Å². The van der Waals surface area contributed by atoms with E-state index in [1.54, 1.807) is 19.1 Å². The van der Waals surface area contributed by atoms with Gasteiger partial charge in [-0.15, -0.1) is 10.2 Å². The summed E-state index contributed by atoms with van der Waals surface area (Å²) in [6.45, 7) is 1.70. The predicted octanol–water partition coefficient (Wildman–Crippen LogP) is 2.39. The Kier molecular flexibility index (Phi) is 3.09. The number of thioether (sulfide) groups is 1. The minimum Gasteiger partial charge on any atom is -0.416 e. The molecule has 0 aliphatic rings. The number of rotatable bonds is 3. The lowest BCUT2D eigenvalue weighted by Crippen LogP contribution is -1.96. The number of aromatic nitrogens is 2. The number of aryl methyl sites for hydroxylation is 1. The first-order chi connectivity index (χ1) is 7.66. The largest absolute Gasteiger partial charge is 0.416 e. The molecule has 0 bridgehead atoms. The molecule has 0 unspecified atom stereocenters. The van der Waals surface area contributed by atoms with Crippen molar-refractivity contribution in [1.82, 2.24) is 10.2 Å². The van der Waals surface area contributed by atoms with Gasteiger partial charge in [0.1, 0.15) is 5.82 Å². The van der Waals surface area contributed by atoms with E-state index in [2.05, 4.69) is 10.2 Å². The molecule has 2 N–H and O–H groups in total. The van der Waals surface area contributed by atoms with Gasteiger partial charge in [-0.05, 0) is 12.1 Å². The molecule has 6 heteroatoms. The SMILES string of the molecule is Cc1nnc(SCc2c(N)cccc2F)o1. The highest BCUT2D eigenvalue weighted by Crippen LogP contribution is 2.26. The van der Waals surface area contributed by atoms with Gasteiger partial charge in [0.2, 0.25) is 5.89 Å². The molecule has 0 fully saturated rings. The number of halogens is 1. The van der Waals surface area contributed by atoms with E-state index in [0.29, 0.717) is 28.1 Å². The Balaban J connectivity index is 2.10. The number of anilines is 1. The van der Waals surface area contributed by atoms with E-state index in [4.69, 9.17) is 10.2 Å². The third-order valence-electron chi connectivity index (χ3n) is 2.00. The highest BCUT2D eigenvalue weighted by molar-refractivity contribution is 7.98. The molecule has 0 saturated carbocycles. The zero-order valence-corrected chi connectivity index (χ0v) is 9.42. The van der Waals surface area contributed by atoms with E-state index >= 15 is 0 Å². The highest BCUT2D eigenvalue weighted by atomic mass is 32.2. The van der Waals surface area contributed by atoms with Crippen molar-refractivity contribution in [3.63, 3.8) is 0 Å². The molecule has 2 aromatic rings. The van der Waals surface area contributed by atoms with Gasteiger partial charge in [0, 0.05) is 23.9 Å². The molecule has 4 nitrogen and oxygen atoms in total. The van der Waals surface area contributed by atoms with Crippen molar-refractivity contribution in [2.24, 2.45) is 0 Å². The summed E-state index contributed by atoms with van der Waals surface area (Å²) >= 11 is 1.26. The summed E-state index contributed by atoms with van der Waals surface area (Å²) in [5.74, 6) is 0.549. The van der Waals surface area contributed by atoms with Gasteiger partial charge in [-0.2, -0.15) is 0 Å². The van der Waals surface area contributed by atoms with Crippen molar-refractivity contribution >= 4 is 17.4 Å². The van der Waals surface area contributed by atoms with Crippen LogP contribution in [-0.2, 0) is 5.75 Å². The fourth-order valence-electron chi connectivity index (χ4n) is 1.20. The molecule has 0 aliphatic carbocycles. The molecule has 2 rings (SSSR count). The summed E-state index contributed by atoms with van der Waals surface area (Å²) in [4.78, 5) is 0. The fourth-order valence-corrected chi connectivity index (χ4v) is 2.05. The van der Waals surface area contributed by atoms with Crippen LogP contribution in [0.4, 0.5) is 10.1 Å². The van der Waals surface area contributed by atoms with Crippen LogP contribution in [-0.4, -0.2) is 10.2 Å². The van der Waals surface area contributed by atoms with Crippen LogP contribution < -0.4 is 5.73 Å². The quantitative estimate of drug-likeness (QED) is 0.658. The summed E-state index contributed by atoms with van der Waals surface area (Å²) in [6.07, 6.45) is 0. The van der Waals surface area contributed by atoms with Gasteiger partial charge in [-0.3, -0.25) is 0 Å². The Morgan fingerprint density at radius 3 is 2.88 bits per heavy atom. The number of nitrogens with two attached hydrogens (primary N) is 1. The Bertz CT molecular complexity index is 480. The first-order valence-electron chi connectivity index (χ1n) is 4.62. The standard InChI is InChI=1S/C10H10FN3OS/c1-6-13-14-10(15-6)16-5-7-8(11)3-2-4-9(7)12/h2-4H,5,12H2,1H3. The predicted molar refractivity (Wildman–Crippen MR) is 59.4 cm³/mol. The van der Waals surface area contributed by atoms with Crippen LogP contribution in [0.5, 0.6) is 0 Å². The molecule has 0 atom stereocenters. The van der Waals surface area contributed by atoms with Gasteiger partial charge < -0.3 is 10.2 Å². The first-order valence-corrected chi connectivity index (χ1v) is 5.61. The van der Waals surface area contributed by atoms with Crippen molar-refractivity contribution in [2.45, 2.75) is 17.9 Å². The Morgan fingerprint density at radius 1 is 1.44 bits per heavy atom. The molecular formula is C10H10FN3OS. The van der Waals surface area contributed by atoms with E-state index < -0.39 is 0 Å². The van der Waals surface area contributed by atoms with Crippen LogP contribution in [0.15, 0.2) is 27.8 Å². The average Bonchev–Trinajstić information content (AvgIpc) is 2.63. The molecule has 1 aromatic carbocycles. The van der Waals surface area contributed by atoms with Gasteiger partial charge in [0.15, 0.2) is 0 Å². The second-order valence-corrected chi connectivity index (χ2v) is 4.11. The molecule has 16 heavy (non-hydrogen) atoms. The number of nitrogens with zero attached hydrogens (tertiary/aromatic N) is 2. The minimum absolute atomic E-state index is 0.316. The zero-order chi connectivity index (χ0) is 11.5. The van der Waals surface area contributed by atoms with Crippen molar-refractivity contribution in [1.29, 1.82) is 0 Å². The monoisotopic (exact) mass is 239 g/mol. The van der Waals surface area contributed by atoms with Gasteiger partial charge >= 0.3 is 0 Å². The normalized spacial score (nSPS) is 10.6. The summed E-state index contributed by atoms with van der Waals surface area (Å²) < 4.78 is 18.6. The molecule has 0 spiro atoms. The minimum atomic E-state index is -0.316. The molecule has 0 amide bonds. The van der Waals surface area contributed by atoms with E-state index in [1.165, 1.54) is 17.8 Å². The number of benzene rings is 1. The van der Waals surface area contributed by atoms with E-state index in [1.807, 2.05) is 0 Å². The Morgan fingerprint density at radius 2 is 2.25 bits per heavy atom. The van der Waals surface area contributed by atoms with Crippen LogP contribution in [0.3, 0.4) is 0 Å². The van der Waals surface area contributed by atoms with Gasteiger partial charge in [-0.1, -0.05) is 17.8 Å². The zero-order valence-electron chi connectivity index (χ0n) is 8.61. The second-order valence-electron chi connectivity index (χ2n) is 3.18. The Labute approximate surface area is 96.0 Å².